The Balaban J connectivity index is 1.22. The molecule has 2 unspecified atom stereocenters. The normalized spacial score (nSPS) is 23.0. The molecule has 0 spiro atoms. The van der Waals surface area contributed by atoms with Crippen molar-refractivity contribution in [2.75, 3.05) is 39.3 Å². The van der Waals surface area contributed by atoms with Crippen LogP contribution in [0.3, 0.4) is 0 Å². The second-order valence-electron chi connectivity index (χ2n) is 8.32. The minimum absolute atomic E-state index is 0.0690. The van der Waals surface area contributed by atoms with Gasteiger partial charge in [0.15, 0.2) is 0 Å². The number of carbonyl (C=O) groups excluding carboxylic acids is 1. The number of carboxylic acid groups (broad SMARTS) is 1. The number of hydrogen-bond acceptors (Lipinski definition) is 4. The first-order chi connectivity index (χ1) is 14.1. The van der Waals surface area contributed by atoms with Crippen LogP contribution >= 0.6 is 0 Å². The summed E-state index contributed by atoms with van der Waals surface area (Å²) in [6.45, 7) is 3.20. The molecular formula is C23H24N2O4. The second kappa shape index (κ2) is 7.19. The molecule has 3 aliphatic rings. The number of nitrogens with zero attached hydrogens (tertiary/aromatic N) is 2. The molecular weight excluding hydrogens is 368 g/mol. The zero-order valence-electron chi connectivity index (χ0n) is 16.2. The highest BCUT2D eigenvalue weighted by Crippen LogP contribution is 2.44. The fourth-order valence-electron chi connectivity index (χ4n) is 5.25. The van der Waals surface area contributed by atoms with E-state index in [1.165, 1.54) is 22.3 Å². The Morgan fingerprint density at radius 2 is 1.45 bits per heavy atom. The Kier molecular flexibility index (Phi) is 4.51. The first-order valence-electron chi connectivity index (χ1n) is 10.1. The number of rotatable bonds is 4. The summed E-state index contributed by atoms with van der Waals surface area (Å²) in [7, 11) is 0. The summed E-state index contributed by atoms with van der Waals surface area (Å²) in [5.41, 5.74) is 4.87. The van der Waals surface area contributed by atoms with E-state index in [1.807, 2.05) is 29.2 Å². The van der Waals surface area contributed by atoms with Crippen molar-refractivity contribution in [3.8, 4) is 11.1 Å². The van der Waals surface area contributed by atoms with Crippen molar-refractivity contribution in [1.29, 1.82) is 0 Å². The largest absolute Gasteiger partial charge is 0.480 e. The van der Waals surface area contributed by atoms with Gasteiger partial charge in [0.25, 0.3) is 0 Å². The Labute approximate surface area is 169 Å². The maximum absolute atomic E-state index is 12.7. The van der Waals surface area contributed by atoms with Gasteiger partial charge in [-0.05, 0) is 34.1 Å². The van der Waals surface area contributed by atoms with Crippen LogP contribution in [-0.2, 0) is 9.53 Å². The van der Waals surface area contributed by atoms with Crippen LogP contribution in [0.2, 0.25) is 0 Å². The van der Waals surface area contributed by atoms with Crippen LogP contribution in [0.5, 0.6) is 0 Å². The minimum Gasteiger partial charge on any atom is -0.480 e. The van der Waals surface area contributed by atoms with Crippen LogP contribution in [-0.4, -0.2) is 66.3 Å². The highest BCUT2D eigenvalue weighted by atomic mass is 16.6. The second-order valence-corrected chi connectivity index (χ2v) is 8.32. The number of ether oxygens (including phenoxy) is 1. The van der Waals surface area contributed by atoms with Crippen molar-refractivity contribution in [2.45, 2.75) is 5.92 Å². The number of carboxylic acids is 1. The standard InChI is InChI=1S/C23H24N2O4/c26-22(27)13-24-9-15-11-25(12-16(15)10-24)23(28)29-14-21-19-7-3-1-5-17(19)18-6-2-4-8-20(18)21/h1-8,15-16,21H,9-14H2,(H,26,27). The predicted molar refractivity (Wildman–Crippen MR) is 108 cm³/mol. The third-order valence-electron chi connectivity index (χ3n) is 6.51. The van der Waals surface area contributed by atoms with E-state index in [0.29, 0.717) is 31.5 Å². The molecule has 2 heterocycles. The van der Waals surface area contributed by atoms with E-state index in [2.05, 4.69) is 24.3 Å². The van der Waals surface area contributed by atoms with Crippen LogP contribution in [0, 0.1) is 11.8 Å². The monoisotopic (exact) mass is 392 g/mol. The summed E-state index contributed by atoms with van der Waals surface area (Å²) in [6, 6.07) is 16.6. The summed E-state index contributed by atoms with van der Waals surface area (Å²) in [6.07, 6.45) is -0.258. The van der Waals surface area contributed by atoms with Crippen molar-refractivity contribution < 1.29 is 19.4 Å². The van der Waals surface area contributed by atoms with Crippen molar-refractivity contribution in [1.82, 2.24) is 9.80 Å². The van der Waals surface area contributed by atoms with Gasteiger partial charge in [0.2, 0.25) is 0 Å². The molecule has 6 heteroatoms. The maximum atomic E-state index is 12.7. The molecule has 0 radical (unpaired) electrons. The van der Waals surface area contributed by atoms with E-state index in [0.717, 1.165) is 13.1 Å². The average Bonchev–Trinajstić information content (AvgIpc) is 3.35. The van der Waals surface area contributed by atoms with E-state index < -0.39 is 5.97 Å². The van der Waals surface area contributed by atoms with E-state index in [1.54, 1.807) is 4.90 Å². The molecule has 0 aromatic heterocycles. The minimum atomic E-state index is -0.793. The molecule has 5 rings (SSSR count). The van der Waals surface area contributed by atoms with Crippen LogP contribution in [0.15, 0.2) is 48.5 Å². The van der Waals surface area contributed by atoms with Gasteiger partial charge in [-0.15, -0.1) is 0 Å². The van der Waals surface area contributed by atoms with Crippen molar-refractivity contribution in [2.24, 2.45) is 11.8 Å². The molecule has 2 atom stereocenters. The van der Waals surface area contributed by atoms with Crippen molar-refractivity contribution in [3.05, 3.63) is 59.7 Å². The Bertz CT molecular complexity index is 900. The Morgan fingerprint density at radius 1 is 0.897 bits per heavy atom. The summed E-state index contributed by atoms with van der Waals surface area (Å²) in [5, 5.41) is 8.96. The van der Waals surface area contributed by atoms with E-state index >= 15 is 0 Å². The molecule has 6 nitrogen and oxygen atoms in total. The Morgan fingerprint density at radius 3 is 2.00 bits per heavy atom. The quantitative estimate of drug-likeness (QED) is 0.866. The van der Waals surface area contributed by atoms with Gasteiger partial charge in [-0.2, -0.15) is 0 Å². The van der Waals surface area contributed by atoms with Gasteiger partial charge in [-0.25, -0.2) is 4.79 Å². The molecule has 0 saturated carbocycles. The maximum Gasteiger partial charge on any atom is 0.409 e. The average molecular weight is 392 g/mol. The first kappa shape index (κ1) is 18.2. The summed E-state index contributed by atoms with van der Waals surface area (Å²) < 4.78 is 5.76. The number of fused-ring (bicyclic) bond motifs is 4. The van der Waals surface area contributed by atoms with Gasteiger partial charge in [-0.3, -0.25) is 9.69 Å². The number of carbonyl (C=O) groups is 2. The van der Waals surface area contributed by atoms with Gasteiger partial charge in [-0.1, -0.05) is 48.5 Å². The number of amides is 1. The SMILES string of the molecule is O=C(O)CN1CC2CN(C(=O)OCC3c4ccccc4-c4ccccc43)CC2C1. The lowest BCUT2D eigenvalue weighted by Gasteiger charge is -2.21. The van der Waals surface area contributed by atoms with Crippen LogP contribution < -0.4 is 0 Å². The lowest BCUT2D eigenvalue weighted by Crippen LogP contribution is -2.35. The van der Waals surface area contributed by atoms with Gasteiger partial charge >= 0.3 is 12.1 Å². The van der Waals surface area contributed by atoms with Crippen molar-refractivity contribution in [3.63, 3.8) is 0 Å². The third kappa shape index (κ3) is 3.27. The van der Waals surface area contributed by atoms with E-state index in [-0.39, 0.29) is 18.6 Å². The lowest BCUT2D eigenvalue weighted by molar-refractivity contribution is -0.138. The summed E-state index contributed by atoms with van der Waals surface area (Å²) in [5.74, 6) is -0.0393. The third-order valence-corrected chi connectivity index (χ3v) is 6.51. The van der Waals surface area contributed by atoms with Gasteiger partial charge in [0.05, 0.1) is 6.54 Å². The highest BCUT2D eigenvalue weighted by molar-refractivity contribution is 5.79. The zero-order chi connectivity index (χ0) is 20.0. The molecule has 1 amide bonds. The molecule has 2 aliphatic heterocycles. The van der Waals surface area contributed by atoms with E-state index in [4.69, 9.17) is 9.84 Å². The first-order valence-corrected chi connectivity index (χ1v) is 10.1. The molecule has 2 fully saturated rings. The number of benzene rings is 2. The number of hydrogen-bond donors (Lipinski definition) is 1. The highest BCUT2D eigenvalue weighted by Gasteiger charge is 2.42. The lowest BCUT2D eigenvalue weighted by atomic mass is 9.98. The molecule has 1 aliphatic carbocycles. The topological polar surface area (TPSA) is 70.1 Å². The molecule has 1 N–H and O–H groups in total. The fourth-order valence-corrected chi connectivity index (χ4v) is 5.25. The smallest absolute Gasteiger partial charge is 0.409 e. The number of likely N-dealkylation sites (tertiary alicyclic amines) is 2. The summed E-state index contributed by atoms with van der Waals surface area (Å²) >= 11 is 0. The molecule has 0 bridgehead atoms. The summed E-state index contributed by atoms with van der Waals surface area (Å²) in [4.78, 5) is 27.4. The van der Waals surface area contributed by atoms with Crippen LogP contribution in [0.4, 0.5) is 4.79 Å². The molecule has 2 saturated heterocycles. The molecule has 2 aromatic carbocycles. The number of aliphatic carboxylic acids is 1. The van der Waals surface area contributed by atoms with Gasteiger partial charge in [0, 0.05) is 32.1 Å². The molecule has 2 aromatic rings. The predicted octanol–water partition coefficient (Wildman–Crippen LogP) is 2.88. The fraction of sp³-hybridized carbons (Fsp3) is 0.391. The van der Waals surface area contributed by atoms with Gasteiger partial charge in [0.1, 0.15) is 6.61 Å². The van der Waals surface area contributed by atoms with Crippen LogP contribution in [0.25, 0.3) is 11.1 Å². The van der Waals surface area contributed by atoms with E-state index in [9.17, 15) is 9.59 Å². The zero-order valence-corrected chi connectivity index (χ0v) is 16.2. The van der Waals surface area contributed by atoms with Crippen LogP contribution in [0.1, 0.15) is 17.0 Å². The molecule has 29 heavy (non-hydrogen) atoms. The molecule has 150 valence electrons. The van der Waals surface area contributed by atoms with Crippen molar-refractivity contribution >= 4 is 12.1 Å². The Hall–Kier alpha value is -2.86. The van der Waals surface area contributed by atoms with Gasteiger partial charge < -0.3 is 14.7 Å².